The highest BCUT2D eigenvalue weighted by Gasteiger charge is 2.27. The summed E-state index contributed by atoms with van der Waals surface area (Å²) in [5.41, 5.74) is 6.76. The maximum atomic E-state index is 12.2. The van der Waals surface area contributed by atoms with Crippen LogP contribution in [-0.4, -0.2) is 16.9 Å². The fourth-order valence-electron chi connectivity index (χ4n) is 2.90. The van der Waals surface area contributed by atoms with Gasteiger partial charge in [-0.15, -0.1) is 0 Å². The molecule has 1 amide bonds. The number of nitrogens with one attached hydrogen (secondary N) is 1. The third-order valence-electron chi connectivity index (χ3n) is 4.02. The summed E-state index contributed by atoms with van der Waals surface area (Å²) in [6.07, 6.45) is 6.14. The topological polar surface area (TPSA) is 55.1 Å². The molecule has 0 bridgehead atoms. The van der Waals surface area contributed by atoms with Crippen molar-refractivity contribution in [3.8, 4) is 0 Å². The summed E-state index contributed by atoms with van der Waals surface area (Å²) in [5.74, 6) is 0.339. The second-order valence-corrected chi connectivity index (χ2v) is 6.56. The SMILES string of the molecule is NC(=S)C(NC(=O)Cc1ccc(Cl)cc1)C1CCCCC1. The number of rotatable bonds is 5. The Bertz CT molecular complexity index is 498. The van der Waals surface area contributed by atoms with Gasteiger partial charge in [-0.2, -0.15) is 0 Å². The van der Waals surface area contributed by atoms with Crippen LogP contribution in [0.1, 0.15) is 37.7 Å². The van der Waals surface area contributed by atoms with Crippen LogP contribution in [0.5, 0.6) is 0 Å². The highest BCUT2D eigenvalue weighted by Crippen LogP contribution is 2.26. The zero-order valence-electron chi connectivity index (χ0n) is 12.0. The molecule has 3 N–H and O–H groups in total. The standard InChI is InChI=1S/C16H21ClN2OS/c17-13-8-6-11(7-9-13)10-14(20)19-15(16(18)21)12-4-2-1-3-5-12/h6-9,12,15H,1-5,10H2,(H2,18,21)(H,19,20). The van der Waals surface area contributed by atoms with Crippen LogP contribution < -0.4 is 11.1 Å². The largest absolute Gasteiger partial charge is 0.392 e. The first-order valence-corrected chi connectivity index (χ1v) is 8.18. The van der Waals surface area contributed by atoms with E-state index in [2.05, 4.69) is 5.32 Å². The molecule has 3 nitrogen and oxygen atoms in total. The Kier molecular flexibility index (Phi) is 6.00. The number of amides is 1. The fourth-order valence-corrected chi connectivity index (χ4v) is 3.28. The van der Waals surface area contributed by atoms with Crippen LogP contribution in [0, 0.1) is 5.92 Å². The van der Waals surface area contributed by atoms with Gasteiger partial charge in [0.05, 0.1) is 17.5 Å². The van der Waals surface area contributed by atoms with Gasteiger partial charge in [0.2, 0.25) is 5.91 Å². The molecule has 0 saturated heterocycles. The summed E-state index contributed by atoms with van der Waals surface area (Å²) >= 11 is 11.0. The van der Waals surface area contributed by atoms with E-state index >= 15 is 0 Å². The van der Waals surface area contributed by atoms with Crippen molar-refractivity contribution in [2.24, 2.45) is 11.7 Å². The maximum absolute atomic E-state index is 12.2. The van der Waals surface area contributed by atoms with Crippen molar-refractivity contribution in [2.45, 2.75) is 44.6 Å². The van der Waals surface area contributed by atoms with Crippen LogP contribution >= 0.6 is 23.8 Å². The minimum Gasteiger partial charge on any atom is -0.392 e. The van der Waals surface area contributed by atoms with Crippen molar-refractivity contribution in [3.63, 3.8) is 0 Å². The molecule has 1 aromatic rings. The Balaban J connectivity index is 1.94. The van der Waals surface area contributed by atoms with Gasteiger partial charge in [-0.3, -0.25) is 4.79 Å². The van der Waals surface area contributed by atoms with E-state index in [1.807, 2.05) is 12.1 Å². The Labute approximate surface area is 136 Å². The molecule has 5 heteroatoms. The molecular weight excluding hydrogens is 304 g/mol. The normalized spacial score (nSPS) is 17.2. The molecule has 0 aliphatic heterocycles. The predicted molar refractivity (Wildman–Crippen MR) is 90.4 cm³/mol. The molecule has 1 saturated carbocycles. The molecular formula is C16H21ClN2OS. The van der Waals surface area contributed by atoms with Gasteiger partial charge in [-0.05, 0) is 36.5 Å². The molecule has 1 aliphatic carbocycles. The molecule has 1 aliphatic rings. The molecule has 114 valence electrons. The first-order chi connectivity index (χ1) is 10.1. The lowest BCUT2D eigenvalue weighted by atomic mass is 9.83. The van der Waals surface area contributed by atoms with Crippen molar-refractivity contribution in [2.75, 3.05) is 0 Å². The van der Waals surface area contributed by atoms with Crippen LogP contribution in [0.4, 0.5) is 0 Å². The van der Waals surface area contributed by atoms with Gasteiger partial charge in [-0.1, -0.05) is 55.2 Å². The van der Waals surface area contributed by atoms with Crippen molar-refractivity contribution < 1.29 is 4.79 Å². The van der Waals surface area contributed by atoms with Crippen molar-refractivity contribution in [1.29, 1.82) is 0 Å². The molecule has 0 radical (unpaired) electrons. The van der Waals surface area contributed by atoms with Crippen LogP contribution in [0.25, 0.3) is 0 Å². The first kappa shape index (κ1) is 16.2. The molecule has 21 heavy (non-hydrogen) atoms. The smallest absolute Gasteiger partial charge is 0.224 e. The number of carbonyl (C=O) groups is 1. The summed E-state index contributed by atoms with van der Waals surface area (Å²) in [6, 6.07) is 7.11. The van der Waals surface area contributed by atoms with Gasteiger partial charge in [-0.25, -0.2) is 0 Å². The van der Waals surface area contributed by atoms with E-state index in [0.29, 0.717) is 22.3 Å². The van der Waals surface area contributed by atoms with Crippen LogP contribution in [0.2, 0.25) is 5.02 Å². The maximum Gasteiger partial charge on any atom is 0.224 e. The van der Waals surface area contributed by atoms with Crippen molar-refractivity contribution in [1.82, 2.24) is 5.32 Å². The lowest BCUT2D eigenvalue weighted by Crippen LogP contribution is -2.49. The number of nitrogens with two attached hydrogens (primary N) is 1. The van der Waals surface area contributed by atoms with E-state index in [0.717, 1.165) is 18.4 Å². The first-order valence-electron chi connectivity index (χ1n) is 7.39. The minimum absolute atomic E-state index is 0.0410. The van der Waals surface area contributed by atoms with Crippen molar-refractivity contribution in [3.05, 3.63) is 34.9 Å². The molecule has 1 fully saturated rings. The number of hydrogen-bond acceptors (Lipinski definition) is 2. The lowest BCUT2D eigenvalue weighted by molar-refractivity contribution is -0.121. The van der Waals surface area contributed by atoms with Gasteiger partial charge in [0.1, 0.15) is 0 Å². The van der Waals surface area contributed by atoms with Gasteiger partial charge >= 0.3 is 0 Å². The van der Waals surface area contributed by atoms with Gasteiger partial charge in [0, 0.05) is 5.02 Å². The summed E-state index contributed by atoms with van der Waals surface area (Å²) in [5, 5.41) is 3.68. The molecule has 0 heterocycles. The Morgan fingerprint density at radius 2 is 1.90 bits per heavy atom. The van der Waals surface area contributed by atoms with E-state index in [4.69, 9.17) is 29.6 Å². The monoisotopic (exact) mass is 324 g/mol. The van der Waals surface area contributed by atoms with Crippen LogP contribution in [0.3, 0.4) is 0 Å². The fraction of sp³-hybridized carbons (Fsp3) is 0.500. The molecule has 1 unspecified atom stereocenters. The Morgan fingerprint density at radius 1 is 1.29 bits per heavy atom. The Hall–Kier alpha value is -1.13. The predicted octanol–water partition coefficient (Wildman–Crippen LogP) is 3.23. The Morgan fingerprint density at radius 3 is 2.48 bits per heavy atom. The third kappa shape index (κ3) is 4.97. The highest BCUT2D eigenvalue weighted by atomic mass is 35.5. The van der Waals surface area contributed by atoms with E-state index in [-0.39, 0.29) is 11.9 Å². The van der Waals surface area contributed by atoms with Crippen molar-refractivity contribution >= 4 is 34.7 Å². The molecule has 1 aromatic carbocycles. The summed E-state index contributed by atoms with van der Waals surface area (Å²) in [6.45, 7) is 0. The molecule has 0 aromatic heterocycles. The number of thiocarbonyl (C=S) groups is 1. The van der Waals surface area contributed by atoms with E-state index < -0.39 is 0 Å². The zero-order valence-corrected chi connectivity index (χ0v) is 13.6. The highest BCUT2D eigenvalue weighted by molar-refractivity contribution is 7.80. The number of halogens is 1. The molecule has 1 atom stereocenters. The zero-order chi connectivity index (χ0) is 15.2. The van der Waals surface area contributed by atoms with Gasteiger partial charge in [0.15, 0.2) is 0 Å². The summed E-state index contributed by atoms with van der Waals surface area (Å²) in [4.78, 5) is 12.6. The molecule has 0 spiro atoms. The number of hydrogen-bond donors (Lipinski definition) is 2. The second kappa shape index (κ2) is 7.76. The number of carbonyl (C=O) groups excluding carboxylic acids is 1. The van der Waals surface area contributed by atoms with Crippen LogP contribution in [0.15, 0.2) is 24.3 Å². The minimum atomic E-state index is -0.180. The third-order valence-corrected chi connectivity index (χ3v) is 4.53. The van der Waals surface area contributed by atoms with E-state index in [9.17, 15) is 4.79 Å². The van der Waals surface area contributed by atoms with Crippen LogP contribution in [-0.2, 0) is 11.2 Å². The lowest BCUT2D eigenvalue weighted by Gasteiger charge is -2.30. The second-order valence-electron chi connectivity index (χ2n) is 5.65. The average molecular weight is 325 g/mol. The average Bonchev–Trinajstić information content (AvgIpc) is 2.48. The van der Waals surface area contributed by atoms with E-state index in [1.54, 1.807) is 12.1 Å². The number of benzene rings is 1. The quantitative estimate of drug-likeness (QED) is 0.818. The summed E-state index contributed by atoms with van der Waals surface area (Å²) < 4.78 is 0. The summed E-state index contributed by atoms with van der Waals surface area (Å²) in [7, 11) is 0. The van der Waals surface area contributed by atoms with Gasteiger partial charge < -0.3 is 11.1 Å². The molecule has 2 rings (SSSR count). The van der Waals surface area contributed by atoms with E-state index in [1.165, 1.54) is 19.3 Å². The van der Waals surface area contributed by atoms with Gasteiger partial charge in [0.25, 0.3) is 0 Å².